The second-order valence-corrected chi connectivity index (χ2v) is 20.8. The van der Waals surface area contributed by atoms with Crippen LogP contribution in [-0.2, 0) is 27.9 Å². The Morgan fingerprint density at radius 3 is 1.46 bits per heavy atom. The summed E-state index contributed by atoms with van der Waals surface area (Å²) in [4.78, 5) is 39.7. The summed E-state index contributed by atoms with van der Waals surface area (Å²) < 4.78 is 30.1. The van der Waals surface area contributed by atoms with E-state index in [1.54, 1.807) is 0 Å². The van der Waals surface area contributed by atoms with E-state index in [0.717, 1.165) is 77.0 Å². The average Bonchev–Trinajstić information content (AvgIpc) is 3.26. The van der Waals surface area contributed by atoms with E-state index in [0.29, 0.717) is 23.9 Å². The van der Waals surface area contributed by atoms with E-state index in [9.17, 15) is 19.0 Å². The quantitative estimate of drug-likeness (QED) is 0.0161. The van der Waals surface area contributed by atoms with Gasteiger partial charge in [-0.1, -0.05) is 224 Å². The lowest BCUT2D eigenvalue weighted by molar-refractivity contribution is -0.870. The van der Waals surface area contributed by atoms with E-state index >= 15 is 0 Å². The van der Waals surface area contributed by atoms with Crippen molar-refractivity contribution in [2.24, 2.45) is 0 Å². The van der Waals surface area contributed by atoms with Gasteiger partial charge in [0.1, 0.15) is 19.3 Å². The van der Waals surface area contributed by atoms with Crippen molar-refractivity contribution in [1.29, 1.82) is 0 Å². The maximum Gasteiger partial charge on any atom is 0.306 e. The van der Waals surface area contributed by atoms with E-state index < -0.39 is 26.6 Å². The maximum atomic E-state index is 13.4. The molecule has 0 spiro atoms. The maximum absolute atomic E-state index is 13.4. The Balaban J connectivity index is 5.42. The number of nitrogens with zero attached hydrogens (tertiary/aromatic N) is 1. The minimum absolute atomic E-state index is 0.0252. The van der Waals surface area contributed by atoms with Gasteiger partial charge in [-0.25, -0.2) is 0 Å². The molecule has 0 aromatic carbocycles. The van der Waals surface area contributed by atoms with Gasteiger partial charge in [0.15, 0.2) is 0 Å². The number of amides is 1. The van der Waals surface area contributed by atoms with Gasteiger partial charge in [-0.05, 0) is 51.0 Å². The lowest BCUT2D eigenvalue weighted by Gasteiger charge is -2.30. The molecule has 0 saturated carbocycles. The topological polar surface area (TPSA) is 114 Å². The number of nitrogens with one attached hydrogen (secondary N) is 1. The van der Waals surface area contributed by atoms with Crippen LogP contribution < -0.4 is 10.2 Å². The Labute approximate surface area is 401 Å². The van der Waals surface area contributed by atoms with Gasteiger partial charge in [-0.3, -0.25) is 14.2 Å². The van der Waals surface area contributed by atoms with E-state index in [-0.39, 0.29) is 24.9 Å². The molecule has 1 amide bonds. The van der Waals surface area contributed by atoms with Crippen LogP contribution in [0.4, 0.5) is 0 Å². The molecule has 0 aliphatic heterocycles. The fraction of sp³-hybridized carbons (Fsp3) is 0.818. The van der Waals surface area contributed by atoms with Crippen molar-refractivity contribution in [2.45, 2.75) is 251 Å². The zero-order valence-corrected chi connectivity index (χ0v) is 44.1. The van der Waals surface area contributed by atoms with Crippen molar-refractivity contribution in [2.75, 3.05) is 40.9 Å². The fourth-order valence-corrected chi connectivity index (χ4v) is 8.36. The molecular weight excluding hydrogens is 832 g/mol. The SMILES string of the molecule is CC/C=C/C=C/C=C\CCCCCCCC(=O)OC(/C=C/CCCCCCCCCCCC)C(COP(=O)([O-])OCC[N+](C)(C)C)NC(=O)CCCCCCCCCCCCCCCC. The van der Waals surface area contributed by atoms with Crippen molar-refractivity contribution in [3.8, 4) is 0 Å². The Hall–Kier alpha value is -2.03. The zero-order chi connectivity index (χ0) is 48.0. The highest BCUT2D eigenvalue weighted by Gasteiger charge is 2.27. The number of quaternary nitrogens is 1. The van der Waals surface area contributed by atoms with E-state index in [1.165, 1.54) is 122 Å². The molecule has 1 N–H and O–H groups in total. The second kappa shape index (κ2) is 45.7. The molecule has 0 radical (unpaired) electrons. The minimum Gasteiger partial charge on any atom is -0.756 e. The second-order valence-electron chi connectivity index (χ2n) is 19.4. The molecule has 0 bridgehead atoms. The Morgan fingerprint density at radius 1 is 0.554 bits per heavy atom. The third kappa shape index (κ3) is 46.9. The van der Waals surface area contributed by atoms with Crippen LogP contribution in [0, 0.1) is 0 Å². The standard InChI is InChI=1S/C55H103N2O7P/c1-7-10-13-16-19-22-25-28-30-32-35-38-41-44-47-54(58)56-52(51-63-65(60,61)62-50-49-57(4,5)6)53(46-43-40-37-34-31-27-24-21-18-15-12-9-3)64-55(59)48-45-42-39-36-33-29-26-23-20-17-14-11-8-2/h11,14,17,20,23,26,43,46,52-53H,7-10,12-13,15-16,18-19,21-22,24-25,27-42,44-45,47-51H2,1-6H3,(H-,56,58,60,61)/b14-11+,20-17+,26-23-,46-43+. The van der Waals surface area contributed by atoms with Crippen LogP contribution >= 0.6 is 7.82 Å². The summed E-state index contributed by atoms with van der Waals surface area (Å²) in [5.74, 6) is -0.561. The molecule has 0 fully saturated rings. The largest absolute Gasteiger partial charge is 0.756 e. The molecule has 3 unspecified atom stereocenters. The van der Waals surface area contributed by atoms with Crippen LogP contribution in [0.2, 0.25) is 0 Å². The van der Waals surface area contributed by atoms with Gasteiger partial charge in [0.05, 0.1) is 33.8 Å². The lowest BCUT2D eigenvalue weighted by Crippen LogP contribution is -2.47. The molecule has 3 atom stereocenters. The van der Waals surface area contributed by atoms with Gasteiger partial charge in [0.2, 0.25) is 5.91 Å². The van der Waals surface area contributed by atoms with Crippen molar-refractivity contribution in [3.63, 3.8) is 0 Å². The summed E-state index contributed by atoms with van der Waals surface area (Å²) >= 11 is 0. The van der Waals surface area contributed by atoms with Crippen LogP contribution in [0.3, 0.4) is 0 Å². The lowest BCUT2D eigenvalue weighted by atomic mass is 10.0. The predicted octanol–water partition coefficient (Wildman–Crippen LogP) is 15.1. The molecule has 0 rings (SSSR count). The number of unbranched alkanes of at least 4 members (excludes halogenated alkanes) is 28. The predicted molar refractivity (Wildman–Crippen MR) is 275 cm³/mol. The first kappa shape index (κ1) is 63.0. The molecule has 0 heterocycles. The highest BCUT2D eigenvalue weighted by atomic mass is 31.2. The van der Waals surface area contributed by atoms with Crippen molar-refractivity contribution in [3.05, 3.63) is 48.6 Å². The van der Waals surface area contributed by atoms with Gasteiger partial charge in [0.25, 0.3) is 7.82 Å². The van der Waals surface area contributed by atoms with Crippen LogP contribution in [0.5, 0.6) is 0 Å². The van der Waals surface area contributed by atoms with Gasteiger partial charge in [-0.15, -0.1) is 0 Å². The molecule has 0 aliphatic rings. The minimum atomic E-state index is -4.69. The number of ether oxygens (including phenoxy) is 1. The third-order valence-corrected chi connectivity index (χ3v) is 12.8. The number of rotatable bonds is 48. The molecule has 0 aliphatic carbocycles. The van der Waals surface area contributed by atoms with E-state index in [4.69, 9.17) is 13.8 Å². The van der Waals surface area contributed by atoms with Crippen molar-refractivity contribution >= 4 is 19.7 Å². The van der Waals surface area contributed by atoms with Crippen molar-refractivity contribution in [1.82, 2.24) is 5.32 Å². The number of allylic oxidation sites excluding steroid dienone is 7. The number of likely N-dealkylation sites (N-methyl/N-ethyl adjacent to an activating group) is 1. The first-order valence-corrected chi connectivity index (χ1v) is 28.4. The van der Waals surface area contributed by atoms with E-state index in [2.05, 4.69) is 56.5 Å². The number of carbonyl (C=O) groups excluding carboxylic acids is 2. The zero-order valence-electron chi connectivity index (χ0n) is 43.2. The summed E-state index contributed by atoms with van der Waals surface area (Å²) in [5, 5.41) is 3.01. The summed E-state index contributed by atoms with van der Waals surface area (Å²) in [6, 6.07) is -0.892. The van der Waals surface area contributed by atoms with Crippen LogP contribution in [0.15, 0.2) is 48.6 Å². The number of phosphoric ester groups is 1. The van der Waals surface area contributed by atoms with Crippen LogP contribution in [-0.4, -0.2) is 69.4 Å². The number of esters is 1. The molecule has 0 saturated heterocycles. The normalized spacial score (nSPS) is 14.3. The molecule has 0 aromatic heterocycles. The van der Waals surface area contributed by atoms with Gasteiger partial charge < -0.3 is 28.5 Å². The number of hydrogen-bond acceptors (Lipinski definition) is 7. The molecule has 380 valence electrons. The fourth-order valence-electron chi connectivity index (χ4n) is 7.64. The third-order valence-electron chi connectivity index (χ3n) is 11.8. The first-order valence-electron chi connectivity index (χ1n) is 27.0. The van der Waals surface area contributed by atoms with Gasteiger partial charge in [-0.2, -0.15) is 0 Å². The summed E-state index contributed by atoms with van der Waals surface area (Å²) in [7, 11) is 1.17. The smallest absolute Gasteiger partial charge is 0.306 e. The summed E-state index contributed by atoms with van der Waals surface area (Å²) in [6.45, 7) is 6.69. The summed E-state index contributed by atoms with van der Waals surface area (Å²) in [5.41, 5.74) is 0. The number of phosphoric acid groups is 1. The van der Waals surface area contributed by atoms with Crippen molar-refractivity contribution < 1.29 is 37.3 Å². The Morgan fingerprint density at radius 2 is 0.985 bits per heavy atom. The highest BCUT2D eigenvalue weighted by Crippen LogP contribution is 2.38. The van der Waals surface area contributed by atoms with Gasteiger partial charge in [0, 0.05) is 12.8 Å². The number of carbonyl (C=O) groups is 2. The molecule has 65 heavy (non-hydrogen) atoms. The Kier molecular flexibility index (Phi) is 44.3. The monoisotopic (exact) mass is 935 g/mol. The van der Waals surface area contributed by atoms with E-state index in [1.807, 2.05) is 39.4 Å². The molecular formula is C55H103N2O7P. The number of hydrogen-bond donors (Lipinski definition) is 1. The molecule has 0 aromatic rings. The van der Waals surface area contributed by atoms with Crippen LogP contribution in [0.1, 0.15) is 239 Å². The molecule has 10 heteroatoms. The Bertz CT molecular complexity index is 1260. The first-order chi connectivity index (χ1) is 31.4. The van der Waals surface area contributed by atoms with Gasteiger partial charge >= 0.3 is 5.97 Å². The summed E-state index contributed by atoms with van der Waals surface area (Å²) in [6.07, 6.45) is 53.6. The highest BCUT2D eigenvalue weighted by molar-refractivity contribution is 7.45. The van der Waals surface area contributed by atoms with Crippen LogP contribution in [0.25, 0.3) is 0 Å². The molecule has 9 nitrogen and oxygen atoms in total. The average molecular weight is 935 g/mol.